The molecule has 0 amide bonds. The molecule has 1 aliphatic rings. The molecule has 1 atom stereocenters. The van der Waals surface area contributed by atoms with E-state index in [1.54, 1.807) is 0 Å². The molecule has 20 heavy (non-hydrogen) atoms. The van der Waals surface area contributed by atoms with Gasteiger partial charge in [0, 0.05) is 29.1 Å². The fourth-order valence-corrected chi connectivity index (χ4v) is 3.72. The van der Waals surface area contributed by atoms with Crippen molar-refractivity contribution in [2.45, 2.75) is 17.4 Å². The molecule has 4 heteroatoms. The Kier molecular flexibility index (Phi) is 4.00. The fraction of sp³-hybridized carbons (Fsp3) is 0.250. The van der Waals surface area contributed by atoms with Gasteiger partial charge in [0.2, 0.25) is 0 Å². The van der Waals surface area contributed by atoms with Gasteiger partial charge in [-0.05, 0) is 60.6 Å². The molecule has 1 heterocycles. The van der Waals surface area contributed by atoms with Gasteiger partial charge in [0.05, 0.1) is 0 Å². The van der Waals surface area contributed by atoms with Crippen molar-refractivity contribution in [3.63, 3.8) is 0 Å². The molecule has 0 aliphatic carbocycles. The highest BCUT2D eigenvalue weighted by atomic mass is 35.5. The number of benzene rings is 2. The van der Waals surface area contributed by atoms with Crippen molar-refractivity contribution < 1.29 is 0 Å². The van der Waals surface area contributed by atoms with Crippen LogP contribution in [-0.2, 0) is 19.2 Å². The first-order valence-corrected chi connectivity index (χ1v) is 7.78. The zero-order chi connectivity index (χ0) is 14.3. The molecule has 2 aromatic rings. The first-order chi connectivity index (χ1) is 9.54. The van der Waals surface area contributed by atoms with Gasteiger partial charge in [-0.2, -0.15) is 0 Å². The standard InChI is InChI=1S/C16H15Cl2NS/c1-19-8-14(10-3-2-4-12(20)5-10)13-6-11(17)7-16(18)15(13)9-19/h2-7,14,20H,8-9H2,1H3/p+1/t14-/m0/s1. The van der Waals surface area contributed by atoms with Gasteiger partial charge >= 0.3 is 0 Å². The molecule has 0 saturated carbocycles. The van der Waals surface area contributed by atoms with Crippen molar-refractivity contribution >= 4 is 35.8 Å². The Morgan fingerprint density at radius 2 is 2.00 bits per heavy atom. The molecule has 1 aliphatic heterocycles. The number of hydrogen-bond donors (Lipinski definition) is 0. The van der Waals surface area contributed by atoms with E-state index in [9.17, 15) is 0 Å². The van der Waals surface area contributed by atoms with E-state index in [1.807, 2.05) is 12.1 Å². The second-order valence-corrected chi connectivity index (χ2v) is 6.75. The number of hydrogen-bond acceptors (Lipinski definition) is 1. The molecule has 3 rings (SSSR count). The average Bonchev–Trinajstić information content (AvgIpc) is 2.39. The first-order valence-electron chi connectivity index (χ1n) is 6.52. The molecule has 2 aromatic carbocycles. The minimum atomic E-state index is 0.302. The first kappa shape index (κ1) is 14.3. The summed E-state index contributed by atoms with van der Waals surface area (Å²) in [5.41, 5.74) is 3.72. The van der Waals surface area contributed by atoms with E-state index < -0.39 is 0 Å². The molecule has 104 valence electrons. The predicted octanol–water partition coefficient (Wildman–Crippen LogP) is 3.94. The lowest BCUT2D eigenvalue weighted by Gasteiger charge is -2.33. The Balaban J connectivity index is 2.15. The van der Waals surface area contributed by atoms with E-state index in [4.69, 9.17) is 23.2 Å². The summed E-state index contributed by atoms with van der Waals surface area (Å²) in [6.45, 7) is 1.84. The van der Waals surface area contributed by atoms with E-state index in [0.29, 0.717) is 10.9 Å². The van der Waals surface area contributed by atoms with Crippen molar-refractivity contribution in [1.29, 1.82) is 0 Å². The van der Waals surface area contributed by atoms with Crippen molar-refractivity contribution in [1.82, 2.24) is 4.90 Å². The number of rotatable bonds is 1. The maximum absolute atomic E-state index is 6.38. The van der Waals surface area contributed by atoms with Crippen LogP contribution in [0.25, 0.3) is 0 Å². The molecule has 0 aromatic heterocycles. The third-order valence-electron chi connectivity index (χ3n) is 3.78. The van der Waals surface area contributed by atoms with Crippen LogP contribution in [0, 0.1) is 0 Å². The third kappa shape index (κ3) is 2.71. The van der Waals surface area contributed by atoms with Crippen LogP contribution in [0.5, 0.6) is 0 Å². The summed E-state index contributed by atoms with van der Waals surface area (Å²) in [6.07, 6.45) is 0. The van der Waals surface area contributed by atoms with Crippen LogP contribution in [0.1, 0.15) is 22.6 Å². The number of likely N-dealkylation sites (N-methyl/N-ethyl adjacent to an activating group) is 1. The zero-order valence-electron chi connectivity index (χ0n) is 11.2. The maximum Gasteiger partial charge on any atom is 0.150 e. The molecule has 0 radical (unpaired) electrons. The van der Waals surface area contributed by atoms with Crippen molar-refractivity contribution in [3.05, 3.63) is 63.1 Å². The normalized spacial score (nSPS) is 18.9. The largest absolute Gasteiger partial charge is 0.301 e. The van der Waals surface area contributed by atoms with E-state index in [0.717, 1.165) is 23.0 Å². The molecule has 0 bridgehead atoms. The molecule has 0 N–H and O–H groups in total. The molecule has 0 spiro atoms. The van der Waals surface area contributed by atoms with Gasteiger partial charge in [-0.1, -0.05) is 35.3 Å². The minimum absolute atomic E-state index is 0.302. The van der Waals surface area contributed by atoms with Gasteiger partial charge in [0.25, 0.3) is 0 Å². The van der Waals surface area contributed by atoms with Crippen molar-refractivity contribution in [2.24, 2.45) is 0 Å². The van der Waals surface area contributed by atoms with Crippen LogP contribution < -0.4 is 0 Å². The minimum Gasteiger partial charge on any atom is -0.301 e. The zero-order valence-corrected chi connectivity index (χ0v) is 13.7. The summed E-state index contributed by atoms with van der Waals surface area (Å²) < 4.78 is 0. The predicted molar refractivity (Wildman–Crippen MR) is 89.5 cm³/mol. The van der Waals surface area contributed by atoms with E-state index >= 15 is 0 Å². The molecule has 0 unspecified atom stereocenters. The van der Waals surface area contributed by atoms with E-state index in [2.05, 4.69) is 48.8 Å². The molecule has 0 fully saturated rings. The van der Waals surface area contributed by atoms with Gasteiger partial charge in [0.15, 0.2) is 4.90 Å². The Labute approximate surface area is 134 Å². The highest BCUT2D eigenvalue weighted by Gasteiger charge is 2.27. The summed E-state index contributed by atoms with van der Waals surface area (Å²) in [7, 11) is 2.12. The van der Waals surface area contributed by atoms with Crippen LogP contribution in [-0.4, -0.2) is 18.5 Å². The van der Waals surface area contributed by atoms with Crippen LogP contribution in [0.15, 0.2) is 41.3 Å². The summed E-state index contributed by atoms with van der Waals surface area (Å²) >= 11 is 16.2. The summed E-state index contributed by atoms with van der Waals surface area (Å²) in [4.78, 5) is 3.39. The number of fused-ring (bicyclic) bond motifs is 1. The fourth-order valence-electron chi connectivity index (χ4n) is 2.89. The molecule has 1 nitrogen and oxygen atoms in total. The topological polar surface area (TPSA) is 3.24 Å². The van der Waals surface area contributed by atoms with Crippen LogP contribution in [0.2, 0.25) is 10.0 Å². The lowest BCUT2D eigenvalue weighted by molar-refractivity contribution is 0.295. The lowest BCUT2D eigenvalue weighted by Crippen LogP contribution is -2.31. The third-order valence-corrected chi connectivity index (χ3v) is 4.65. The Hall–Kier alpha value is -0.670. The van der Waals surface area contributed by atoms with Crippen LogP contribution in [0.4, 0.5) is 0 Å². The van der Waals surface area contributed by atoms with Crippen LogP contribution in [0.3, 0.4) is 0 Å². The maximum atomic E-state index is 6.38. The highest BCUT2D eigenvalue weighted by molar-refractivity contribution is 7.58. The Morgan fingerprint density at radius 3 is 2.75 bits per heavy atom. The second kappa shape index (κ2) is 5.61. The summed E-state index contributed by atoms with van der Waals surface area (Å²) in [5.74, 6) is 0.302. The van der Waals surface area contributed by atoms with Gasteiger partial charge in [-0.25, -0.2) is 0 Å². The summed E-state index contributed by atoms with van der Waals surface area (Å²) in [5, 5.41) is 1.47. The molecular formula is C16H16Cl2NS+. The molecule has 0 saturated heterocycles. The Morgan fingerprint density at radius 1 is 1.20 bits per heavy atom. The van der Waals surface area contributed by atoms with Gasteiger partial charge in [0.1, 0.15) is 0 Å². The second-order valence-electron chi connectivity index (χ2n) is 5.33. The molecular weight excluding hydrogens is 309 g/mol. The van der Waals surface area contributed by atoms with Gasteiger partial charge in [-0.3, -0.25) is 0 Å². The van der Waals surface area contributed by atoms with Crippen LogP contribution >= 0.6 is 23.2 Å². The van der Waals surface area contributed by atoms with Crippen molar-refractivity contribution in [2.75, 3.05) is 13.6 Å². The highest BCUT2D eigenvalue weighted by Crippen LogP contribution is 2.38. The Bertz CT molecular complexity index is 657. The quantitative estimate of drug-likeness (QED) is 0.718. The number of nitrogens with zero attached hydrogens (tertiary/aromatic N) is 1. The number of halogens is 2. The summed E-state index contributed by atoms with van der Waals surface area (Å²) in [6, 6.07) is 12.3. The smallest absolute Gasteiger partial charge is 0.150 e. The average molecular weight is 325 g/mol. The van der Waals surface area contributed by atoms with E-state index in [-0.39, 0.29) is 0 Å². The van der Waals surface area contributed by atoms with Gasteiger partial charge < -0.3 is 4.90 Å². The van der Waals surface area contributed by atoms with Gasteiger partial charge in [-0.15, -0.1) is 0 Å². The lowest BCUT2D eigenvalue weighted by atomic mass is 9.85. The van der Waals surface area contributed by atoms with E-state index in [1.165, 1.54) is 16.7 Å². The SMILES string of the molecule is CN1Cc2c(Cl)cc(Cl)cc2[C@H](c2cccc([SH2+])c2)C1. The van der Waals surface area contributed by atoms with Crippen molar-refractivity contribution in [3.8, 4) is 0 Å². The monoisotopic (exact) mass is 324 g/mol.